The molecule has 1 atom stereocenters. The second-order valence-corrected chi connectivity index (χ2v) is 5.86. The summed E-state index contributed by atoms with van der Waals surface area (Å²) in [5.74, 6) is 0. The van der Waals surface area contributed by atoms with Gasteiger partial charge in [-0.3, -0.25) is 0 Å². The summed E-state index contributed by atoms with van der Waals surface area (Å²) in [6.07, 6.45) is 7.10. The zero-order chi connectivity index (χ0) is 12.5. The van der Waals surface area contributed by atoms with Gasteiger partial charge < -0.3 is 9.67 Å². The van der Waals surface area contributed by atoms with E-state index in [2.05, 4.69) is 57.2 Å². The predicted octanol–water partition coefficient (Wildman–Crippen LogP) is 3.67. The van der Waals surface area contributed by atoms with E-state index in [-0.39, 0.29) is 6.10 Å². The first-order valence-corrected chi connectivity index (χ1v) is 7.13. The third kappa shape index (κ3) is 2.38. The largest absolute Gasteiger partial charge is 0.388 e. The molecular weight excluding hydrogens is 290 g/mol. The molecule has 0 saturated carbocycles. The highest BCUT2D eigenvalue weighted by atomic mass is 79.9. The van der Waals surface area contributed by atoms with Crippen molar-refractivity contribution in [2.24, 2.45) is 0 Å². The number of nitrogens with zero attached hydrogens (tertiary/aromatic N) is 1. The lowest BCUT2D eigenvalue weighted by Crippen LogP contribution is -2.05. The van der Waals surface area contributed by atoms with Crippen LogP contribution in [0.4, 0.5) is 0 Å². The van der Waals surface area contributed by atoms with Crippen molar-refractivity contribution in [3.63, 3.8) is 0 Å². The summed E-state index contributed by atoms with van der Waals surface area (Å²) in [6, 6.07) is 8.38. The molecule has 94 valence electrons. The van der Waals surface area contributed by atoms with Crippen LogP contribution in [-0.4, -0.2) is 9.67 Å². The second-order valence-electron chi connectivity index (χ2n) is 4.95. The van der Waals surface area contributed by atoms with E-state index in [9.17, 15) is 5.11 Å². The third-order valence-corrected chi connectivity index (χ3v) is 4.09. The van der Waals surface area contributed by atoms with Gasteiger partial charge in [-0.25, -0.2) is 0 Å². The highest BCUT2D eigenvalue weighted by Gasteiger charge is 2.19. The minimum absolute atomic E-state index is 0.264. The summed E-state index contributed by atoms with van der Waals surface area (Å²) in [4.78, 5) is 0. The van der Waals surface area contributed by atoms with Crippen molar-refractivity contribution in [3.8, 4) is 0 Å². The van der Waals surface area contributed by atoms with Gasteiger partial charge in [0.2, 0.25) is 0 Å². The van der Waals surface area contributed by atoms with Crippen LogP contribution in [0.5, 0.6) is 0 Å². The fourth-order valence-corrected chi connectivity index (χ4v) is 2.88. The molecule has 0 radical (unpaired) electrons. The number of hydrogen-bond acceptors (Lipinski definition) is 1. The molecule has 3 rings (SSSR count). The molecule has 0 spiro atoms. The number of benzene rings is 1. The summed E-state index contributed by atoms with van der Waals surface area (Å²) in [5.41, 5.74) is 3.71. The van der Waals surface area contributed by atoms with Crippen molar-refractivity contribution in [1.29, 1.82) is 0 Å². The van der Waals surface area contributed by atoms with E-state index in [1.165, 1.54) is 11.1 Å². The minimum atomic E-state index is -0.264. The molecule has 0 fully saturated rings. The quantitative estimate of drug-likeness (QED) is 0.900. The van der Waals surface area contributed by atoms with Crippen LogP contribution in [0.3, 0.4) is 0 Å². The van der Waals surface area contributed by atoms with Crippen LogP contribution in [0.25, 0.3) is 0 Å². The van der Waals surface area contributed by atoms with Gasteiger partial charge in [0.05, 0.1) is 6.10 Å². The van der Waals surface area contributed by atoms with Gasteiger partial charge >= 0.3 is 0 Å². The summed E-state index contributed by atoms with van der Waals surface area (Å²) in [7, 11) is 0. The monoisotopic (exact) mass is 305 g/mol. The Hall–Kier alpha value is -1.06. The molecule has 1 aromatic carbocycles. The van der Waals surface area contributed by atoms with Crippen molar-refractivity contribution < 1.29 is 5.11 Å². The zero-order valence-corrected chi connectivity index (χ0v) is 11.7. The lowest BCUT2D eigenvalue weighted by molar-refractivity contribution is 0.157. The smallest absolute Gasteiger partial charge is 0.0807 e. The second kappa shape index (κ2) is 4.90. The SMILES string of the molecule is OC1CCCc2cn(Cc3ccc(Br)cc3)cc21. The van der Waals surface area contributed by atoms with Gasteiger partial charge in [0, 0.05) is 29.0 Å². The normalized spacial score (nSPS) is 18.7. The van der Waals surface area contributed by atoms with Crippen LogP contribution < -0.4 is 0 Å². The molecule has 0 amide bonds. The molecule has 0 bridgehead atoms. The molecule has 0 saturated heterocycles. The van der Waals surface area contributed by atoms with Crippen molar-refractivity contribution in [2.75, 3.05) is 0 Å². The van der Waals surface area contributed by atoms with E-state index in [1.54, 1.807) is 0 Å². The summed E-state index contributed by atoms with van der Waals surface area (Å²) >= 11 is 3.45. The Bertz CT molecular complexity index is 544. The number of fused-ring (bicyclic) bond motifs is 1. The average Bonchev–Trinajstić information content (AvgIpc) is 2.76. The Morgan fingerprint density at radius 3 is 2.72 bits per heavy atom. The van der Waals surface area contributed by atoms with Crippen molar-refractivity contribution in [2.45, 2.75) is 31.9 Å². The predicted molar refractivity (Wildman–Crippen MR) is 75.6 cm³/mol. The van der Waals surface area contributed by atoms with E-state index >= 15 is 0 Å². The minimum Gasteiger partial charge on any atom is -0.388 e. The van der Waals surface area contributed by atoms with Crippen molar-refractivity contribution in [1.82, 2.24) is 4.57 Å². The standard InChI is InChI=1S/C15H16BrNO/c16-13-6-4-11(5-7-13)8-17-9-12-2-1-3-15(18)14(12)10-17/h4-7,9-10,15,18H,1-3,8H2. The average molecular weight is 306 g/mol. The molecule has 1 aromatic heterocycles. The highest BCUT2D eigenvalue weighted by molar-refractivity contribution is 9.10. The van der Waals surface area contributed by atoms with Gasteiger partial charge in [0.1, 0.15) is 0 Å². The van der Waals surface area contributed by atoms with Crippen LogP contribution in [0.2, 0.25) is 0 Å². The van der Waals surface area contributed by atoms with Gasteiger partial charge in [-0.1, -0.05) is 28.1 Å². The molecule has 2 nitrogen and oxygen atoms in total. The number of aliphatic hydroxyl groups is 1. The van der Waals surface area contributed by atoms with Crippen molar-refractivity contribution in [3.05, 3.63) is 57.8 Å². The Kier molecular flexibility index (Phi) is 3.27. The van der Waals surface area contributed by atoms with Gasteiger partial charge in [0.15, 0.2) is 0 Å². The highest BCUT2D eigenvalue weighted by Crippen LogP contribution is 2.30. The summed E-state index contributed by atoms with van der Waals surface area (Å²) < 4.78 is 3.29. The Balaban J connectivity index is 1.83. The van der Waals surface area contributed by atoms with Gasteiger partial charge in [0.25, 0.3) is 0 Å². The molecule has 18 heavy (non-hydrogen) atoms. The van der Waals surface area contributed by atoms with E-state index in [0.29, 0.717) is 0 Å². The molecular formula is C15H16BrNO. The van der Waals surface area contributed by atoms with Crippen molar-refractivity contribution >= 4 is 15.9 Å². The van der Waals surface area contributed by atoms with Crippen LogP contribution in [-0.2, 0) is 13.0 Å². The summed E-state index contributed by atoms with van der Waals surface area (Å²) in [5, 5.41) is 9.96. The molecule has 1 unspecified atom stereocenters. The summed E-state index contributed by atoms with van der Waals surface area (Å²) in [6.45, 7) is 0.868. The maximum absolute atomic E-state index is 9.96. The van der Waals surface area contributed by atoms with Gasteiger partial charge in [-0.2, -0.15) is 0 Å². The topological polar surface area (TPSA) is 25.2 Å². The van der Waals surface area contributed by atoms with E-state index in [4.69, 9.17) is 0 Å². The first-order chi connectivity index (χ1) is 8.72. The van der Waals surface area contributed by atoms with E-state index in [0.717, 1.165) is 35.8 Å². The number of aromatic nitrogens is 1. The Morgan fingerprint density at radius 2 is 2.00 bits per heavy atom. The number of rotatable bonds is 2. The van der Waals surface area contributed by atoms with Crippen LogP contribution in [0.1, 0.15) is 35.6 Å². The number of aliphatic hydroxyl groups excluding tert-OH is 1. The Morgan fingerprint density at radius 1 is 1.22 bits per heavy atom. The number of halogens is 1. The fraction of sp³-hybridized carbons (Fsp3) is 0.333. The fourth-order valence-electron chi connectivity index (χ4n) is 2.62. The van der Waals surface area contributed by atoms with Crippen LogP contribution in [0, 0.1) is 0 Å². The molecule has 1 heterocycles. The first kappa shape index (κ1) is 12.0. The van der Waals surface area contributed by atoms with Gasteiger partial charge in [-0.05, 0) is 42.5 Å². The lowest BCUT2D eigenvalue weighted by atomic mass is 9.93. The number of hydrogen-bond donors (Lipinski definition) is 1. The first-order valence-electron chi connectivity index (χ1n) is 6.33. The zero-order valence-electron chi connectivity index (χ0n) is 10.1. The molecule has 2 aromatic rings. The molecule has 0 aliphatic heterocycles. The Labute approximate surface area is 115 Å². The third-order valence-electron chi connectivity index (χ3n) is 3.56. The molecule has 1 N–H and O–H groups in total. The maximum Gasteiger partial charge on any atom is 0.0807 e. The van der Waals surface area contributed by atoms with Gasteiger partial charge in [-0.15, -0.1) is 0 Å². The van der Waals surface area contributed by atoms with E-state index in [1.807, 2.05) is 0 Å². The van der Waals surface area contributed by atoms with Crippen LogP contribution >= 0.6 is 15.9 Å². The van der Waals surface area contributed by atoms with E-state index < -0.39 is 0 Å². The molecule has 1 aliphatic rings. The lowest BCUT2D eigenvalue weighted by Gasteiger charge is -2.16. The molecule has 3 heteroatoms. The van der Waals surface area contributed by atoms with Crippen LogP contribution in [0.15, 0.2) is 41.1 Å². The molecule has 1 aliphatic carbocycles. The maximum atomic E-state index is 9.96. The number of aryl methyl sites for hydroxylation is 1.